The van der Waals surface area contributed by atoms with E-state index >= 15 is 0 Å². The van der Waals surface area contributed by atoms with Crippen molar-refractivity contribution >= 4 is 43.5 Å². The van der Waals surface area contributed by atoms with Crippen LogP contribution in [0.2, 0.25) is 0 Å². The first kappa shape index (κ1) is 16.7. The molecule has 0 saturated carbocycles. The highest BCUT2D eigenvalue weighted by molar-refractivity contribution is 9.10. The summed E-state index contributed by atoms with van der Waals surface area (Å²) in [6, 6.07) is 0.605. The number of fused-ring (bicyclic) bond motifs is 1. The smallest absolute Gasteiger partial charge is 0.324 e. The largest absolute Gasteiger partial charge is 0.473 e. The molecule has 0 radical (unpaired) electrons. The van der Waals surface area contributed by atoms with E-state index in [1.165, 1.54) is 0 Å². The van der Waals surface area contributed by atoms with Crippen LogP contribution in [0.4, 0.5) is 6.01 Å². The fourth-order valence-corrected chi connectivity index (χ4v) is 4.32. The van der Waals surface area contributed by atoms with E-state index < -0.39 is 0 Å². The zero-order chi connectivity index (χ0) is 17.4. The van der Waals surface area contributed by atoms with E-state index in [0.717, 1.165) is 46.4 Å². The normalized spacial score (nSPS) is 16.1. The van der Waals surface area contributed by atoms with Gasteiger partial charge in [-0.05, 0) is 15.9 Å². The van der Waals surface area contributed by atoms with Gasteiger partial charge in [-0.2, -0.15) is 4.98 Å². The van der Waals surface area contributed by atoms with Gasteiger partial charge in [0.2, 0.25) is 5.88 Å². The van der Waals surface area contributed by atoms with Crippen LogP contribution in [-0.4, -0.2) is 39.3 Å². The number of thiophene rings is 1. The van der Waals surface area contributed by atoms with Gasteiger partial charge in [0, 0.05) is 37.2 Å². The standard InChI is InChI=1S/C16H18BrN5O2S/c1-9(2)14-20-16(24-21-14)22-5-3-10(4-6-22)23-15-13-12(18-8-19-15)11(17)7-25-13/h7-10H,3-6H2,1-2H3. The average molecular weight is 424 g/mol. The highest BCUT2D eigenvalue weighted by atomic mass is 79.9. The predicted molar refractivity (Wildman–Crippen MR) is 99.4 cm³/mol. The molecule has 0 aromatic carbocycles. The minimum atomic E-state index is 0.128. The molecule has 132 valence electrons. The fraction of sp³-hybridized carbons (Fsp3) is 0.500. The molecule has 4 rings (SSSR count). The van der Waals surface area contributed by atoms with Crippen LogP contribution in [-0.2, 0) is 0 Å². The Morgan fingerprint density at radius 2 is 2.12 bits per heavy atom. The third-order valence-corrected chi connectivity index (χ3v) is 6.08. The lowest BCUT2D eigenvalue weighted by Gasteiger charge is -2.30. The SMILES string of the molecule is CC(C)c1noc(N2CCC(Oc3ncnc4c(Br)csc34)CC2)n1. The minimum Gasteiger partial charge on any atom is -0.473 e. The summed E-state index contributed by atoms with van der Waals surface area (Å²) in [5, 5.41) is 6.05. The van der Waals surface area contributed by atoms with Crippen molar-refractivity contribution in [3.8, 4) is 5.88 Å². The number of hydrogen-bond donors (Lipinski definition) is 0. The molecule has 1 saturated heterocycles. The van der Waals surface area contributed by atoms with E-state index in [-0.39, 0.29) is 12.0 Å². The third-order valence-electron chi connectivity index (χ3n) is 4.22. The Kier molecular flexibility index (Phi) is 4.60. The zero-order valence-corrected chi connectivity index (χ0v) is 16.4. The molecule has 0 amide bonds. The predicted octanol–water partition coefficient (Wildman–Crippen LogP) is 4.01. The van der Waals surface area contributed by atoms with Crippen LogP contribution in [0.15, 0.2) is 20.7 Å². The molecule has 1 aliphatic rings. The van der Waals surface area contributed by atoms with Crippen molar-refractivity contribution in [1.82, 2.24) is 20.1 Å². The number of nitrogens with zero attached hydrogens (tertiary/aromatic N) is 5. The van der Waals surface area contributed by atoms with Crippen molar-refractivity contribution in [2.75, 3.05) is 18.0 Å². The molecule has 0 atom stereocenters. The lowest BCUT2D eigenvalue weighted by Crippen LogP contribution is -2.38. The van der Waals surface area contributed by atoms with E-state index in [1.54, 1.807) is 17.7 Å². The lowest BCUT2D eigenvalue weighted by atomic mass is 10.1. The summed E-state index contributed by atoms with van der Waals surface area (Å²) >= 11 is 5.10. The van der Waals surface area contributed by atoms with Crippen molar-refractivity contribution in [3.63, 3.8) is 0 Å². The maximum absolute atomic E-state index is 6.15. The molecule has 0 spiro atoms. The Morgan fingerprint density at radius 1 is 1.32 bits per heavy atom. The number of aromatic nitrogens is 4. The molecular weight excluding hydrogens is 406 g/mol. The molecular formula is C16H18BrN5O2S. The van der Waals surface area contributed by atoms with Gasteiger partial charge < -0.3 is 14.2 Å². The molecule has 9 heteroatoms. The first-order valence-electron chi connectivity index (χ1n) is 8.24. The first-order chi connectivity index (χ1) is 12.1. The number of rotatable bonds is 4. The van der Waals surface area contributed by atoms with E-state index in [2.05, 4.69) is 54.8 Å². The van der Waals surface area contributed by atoms with Crippen LogP contribution in [0.5, 0.6) is 5.88 Å². The van der Waals surface area contributed by atoms with Crippen LogP contribution in [0.1, 0.15) is 38.4 Å². The number of anilines is 1. The van der Waals surface area contributed by atoms with Gasteiger partial charge >= 0.3 is 6.01 Å². The maximum Gasteiger partial charge on any atom is 0.324 e. The van der Waals surface area contributed by atoms with E-state index in [4.69, 9.17) is 9.26 Å². The Hall–Kier alpha value is -1.74. The summed E-state index contributed by atoms with van der Waals surface area (Å²) in [6.45, 7) is 5.76. The van der Waals surface area contributed by atoms with Gasteiger partial charge in [-0.1, -0.05) is 19.0 Å². The van der Waals surface area contributed by atoms with Crippen molar-refractivity contribution in [2.24, 2.45) is 0 Å². The highest BCUT2D eigenvalue weighted by Crippen LogP contribution is 2.34. The van der Waals surface area contributed by atoms with Crippen LogP contribution in [0.25, 0.3) is 10.2 Å². The lowest BCUT2D eigenvalue weighted by molar-refractivity contribution is 0.164. The summed E-state index contributed by atoms with van der Waals surface area (Å²) in [5.74, 6) is 1.68. The zero-order valence-electron chi connectivity index (χ0n) is 14.0. The Morgan fingerprint density at radius 3 is 2.84 bits per heavy atom. The molecule has 0 aliphatic carbocycles. The number of hydrogen-bond acceptors (Lipinski definition) is 8. The molecule has 1 fully saturated rings. The van der Waals surface area contributed by atoms with Gasteiger partial charge in [-0.15, -0.1) is 11.3 Å². The molecule has 0 bridgehead atoms. The molecule has 1 aliphatic heterocycles. The van der Waals surface area contributed by atoms with Crippen molar-refractivity contribution in [2.45, 2.75) is 38.7 Å². The van der Waals surface area contributed by atoms with Gasteiger partial charge in [0.25, 0.3) is 0 Å². The second-order valence-corrected chi connectivity index (χ2v) is 8.07. The average Bonchev–Trinajstić information content (AvgIpc) is 3.24. The van der Waals surface area contributed by atoms with Gasteiger partial charge in [-0.3, -0.25) is 0 Å². The summed E-state index contributed by atoms with van der Waals surface area (Å²) < 4.78 is 13.5. The van der Waals surface area contributed by atoms with Crippen molar-refractivity contribution in [3.05, 3.63) is 22.0 Å². The molecule has 25 heavy (non-hydrogen) atoms. The molecule has 7 nitrogen and oxygen atoms in total. The summed E-state index contributed by atoms with van der Waals surface area (Å²) in [4.78, 5) is 15.2. The van der Waals surface area contributed by atoms with Gasteiger partial charge in [-0.25, -0.2) is 9.97 Å². The molecule has 4 heterocycles. The van der Waals surface area contributed by atoms with Crippen LogP contribution < -0.4 is 9.64 Å². The topological polar surface area (TPSA) is 77.2 Å². The Labute approximate surface area is 157 Å². The molecule has 3 aromatic heterocycles. The van der Waals surface area contributed by atoms with E-state index in [9.17, 15) is 0 Å². The van der Waals surface area contributed by atoms with Crippen LogP contribution in [0.3, 0.4) is 0 Å². The Balaban J connectivity index is 1.41. The van der Waals surface area contributed by atoms with E-state index in [0.29, 0.717) is 11.9 Å². The number of ether oxygens (including phenoxy) is 1. The van der Waals surface area contributed by atoms with E-state index in [1.807, 2.05) is 5.38 Å². The molecule has 0 N–H and O–H groups in total. The monoisotopic (exact) mass is 423 g/mol. The molecule has 0 unspecified atom stereocenters. The van der Waals surface area contributed by atoms with Crippen LogP contribution >= 0.6 is 27.3 Å². The highest BCUT2D eigenvalue weighted by Gasteiger charge is 2.25. The van der Waals surface area contributed by atoms with Gasteiger partial charge in [0.05, 0.1) is 4.47 Å². The second-order valence-electron chi connectivity index (χ2n) is 6.33. The van der Waals surface area contributed by atoms with Crippen molar-refractivity contribution in [1.29, 1.82) is 0 Å². The quantitative estimate of drug-likeness (QED) is 0.626. The number of halogens is 1. The van der Waals surface area contributed by atoms with Crippen LogP contribution in [0, 0.1) is 0 Å². The molecule has 3 aromatic rings. The van der Waals surface area contributed by atoms with Gasteiger partial charge in [0.1, 0.15) is 22.6 Å². The summed E-state index contributed by atoms with van der Waals surface area (Å²) in [7, 11) is 0. The summed E-state index contributed by atoms with van der Waals surface area (Å²) in [6.07, 6.45) is 3.45. The van der Waals surface area contributed by atoms with Crippen molar-refractivity contribution < 1.29 is 9.26 Å². The summed E-state index contributed by atoms with van der Waals surface area (Å²) in [5.41, 5.74) is 0.902. The second kappa shape index (κ2) is 6.87. The minimum absolute atomic E-state index is 0.128. The maximum atomic E-state index is 6.15. The van der Waals surface area contributed by atoms with Gasteiger partial charge in [0.15, 0.2) is 5.82 Å². The number of piperidine rings is 1. The third kappa shape index (κ3) is 3.35. The Bertz CT molecular complexity index is 872. The fourth-order valence-electron chi connectivity index (χ4n) is 2.80. The first-order valence-corrected chi connectivity index (χ1v) is 9.92.